The van der Waals surface area contributed by atoms with Gasteiger partial charge < -0.3 is 4.74 Å². The minimum Gasteiger partial charge on any atom is -0.462 e. The Hall–Kier alpha value is -0.530. The molecule has 1 aliphatic heterocycles. The van der Waals surface area contributed by atoms with Crippen LogP contribution in [-0.2, 0) is 9.53 Å². The van der Waals surface area contributed by atoms with E-state index in [0.717, 1.165) is 12.3 Å². The first-order chi connectivity index (χ1) is 6.13. The van der Waals surface area contributed by atoms with Gasteiger partial charge in [0.1, 0.15) is 6.10 Å². The highest BCUT2D eigenvalue weighted by Crippen LogP contribution is 2.29. The van der Waals surface area contributed by atoms with Gasteiger partial charge in [0.25, 0.3) is 0 Å². The van der Waals surface area contributed by atoms with Crippen molar-refractivity contribution in [3.05, 3.63) is 0 Å². The fraction of sp³-hybridized carbons (Fsp3) is 0.909. The maximum Gasteiger partial charge on any atom is 0.306 e. The van der Waals surface area contributed by atoms with Gasteiger partial charge in [-0.05, 0) is 19.3 Å². The molecule has 0 saturated carbocycles. The molecule has 0 bridgehead atoms. The van der Waals surface area contributed by atoms with E-state index < -0.39 is 0 Å². The Balaban J connectivity index is 2.32. The van der Waals surface area contributed by atoms with Gasteiger partial charge in [0.05, 0.1) is 6.42 Å². The highest BCUT2D eigenvalue weighted by Gasteiger charge is 2.31. The van der Waals surface area contributed by atoms with E-state index in [-0.39, 0.29) is 12.1 Å². The van der Waals surface area contributed by atoms with Crippen LogP contribution in [-0.4, -0.2) is 12.1 Å². The quantitative estimate of drug-likeness (QED) is 0.628. The maximum absolute atomic E-state index is 11.0. The van der Waals surface area contributed by atoms with Crippen molar-refractivity contribution < 1.29 is 9.53 Å². The van der Waals surface area contributed by atoms with Crippen molar-refractivity contribution in [1.29, 1.82) is 0 Å². The molecular weight excluding hydrogens is 164 g/mol. The number of carbonyl (C=O) groups excluding carboxylic acids is 1. The summed E-state index contributed by atoms with van der Waals surface area (Å²) in [6.07, 6.45) is 4.41. The van der Waals surface area contributed by atoms with E-state index in [2.05, 4.69) is 13.8 Å². The second-order valence-electron chi connectivity index (χ2n) is 4.29. The molecule has 0 N–H and O–H groups in total. The molecule has 3 atom stereocenters. The first kappa shape index (κ1) is 10.6. The Kier molecular flexibility index (Phi) is 3.76. The van der Waals surface area contributed by atoms with Crippen molar-refractivity contribution >= 4 is 5.97 Å². The van der Waals surface area contributed by atoms with Crippen molar-refractivity contribution in [1.82, 2.24) is 0 Å². The third-order valence-corrected chi connectivity index (χ3v) is 2.90. The molecule has 0 radical (unpaired) electrons. The summed E-state index contributed by atoms with van der Waals surface area (Å²) in [7, 11) is 0. The van der Waals surface area contributed by atoms with E-state index in [0.29, 0.717) is 12.3 Å². The Morgan fingerprint density at radius 2 is 2.31 bits per heavy atom. The first-order valence-corrected chi connectivity index (χ1v) is 5.33. The zero-order valence-corrected chi connectivity index (χ0v) is 8.88. The Labute approximate surface area is 80.7 Å². The molecule has 1 fully saturated rings. The molecule has 1 heterocycles. The van der Waals surface area contributed by atoms with Crippen molar-refractivity contribution in [3.8, 4) is 0 Å². The predicted octanol–water partition coefficient (Wildman–Crippen LogP) is 2.76. The van der Waals surface area contributed by atoms with E-state index >= 15 is 0 Å². The molecule has 2 nitrogen and oxygen atoms in total. The van der Waals surface area contributed by atoms with Crippen LogP contribution in [0, 0.1) is 11.8 Å². The number of cyclic esters (lactones) is 1. The summed E-state index contributed by atoms with van der Waals surface area (Å²) in [4.78, 5) is 11.0. The maximum atomic E-state index is 11.0. The van der Waals surface area contributed by atoms with Gasteiger partial charge in [-0.25, -0.2) is 0 Å². The fourth-order valence-electron chi connectivity index (χ4n) is 2.13. The number of rotatable bonds is 4. The van der Waals surface area contributed by atoms with Gasteiger partial charge in [0.2, 0.25) is 0 Å². The van der Waals surface area contributed by atoms with Gasteiger partial charge >= 0.3 is 5.97 Å². The number of esters is 1. The zero-order chi connectivity index (χ0) is 9.84. The van der Waals surface area contributed by atoms with Gasteiger partial charge in [-0.15, -0.1) is 0 Å². The molecule has 2 heteroatoms. The van der Waals surface area contributed by atoms with Crippen LogP contribution >= 0.6 is 0 Å². The van der Waals surface area contributed by atoms with Crippen LogP contribution in [0.4, 0.5) is 0 Å². The van der Waals surface area contributed by atoms with Crippen LogP contribution in [0.25, 0.3) is 0 Å². The molecule has 0 aromatic heterocycles. The number of ether oxygens (including phenoxy) is 1. The largest absolute Gasteiger partial charge is 0.462 e. The van der Waals surface area contributed by atoms with Gasteiger partial charge in [-0.3, -0.25) is 4.79 Å². The lowest BCUT2D eigenvalue weighted by molar-refractivity contribution is -0.140. The average molecular weight is 184 g/mol. The number of carbonyl (C=O) groups is 1. The molecule has 13 heavy (non-hydrogen) atoms. The molecule has 0 aromatic rings. The van der Waals surface area contributed by atoms with Crippen LogP contribution < -0.4 is 0 Å². The lowest BCUT2D eigenvalue weighted by Crippen LogP contribution is -2.14. The van der Waals surface area contributed by atoms with E-state index in [1.165, 1.54) is 12.8 Å². The van der Waals surface area contributed by atoms with Crippen LogP contribution in [0.5, 0.6) is 0 Å². The van der Waals surface area contributed by atoms with E-state index in [9.17, 15) is 4.79 Å². The highest BCUT2D eigenvalue weighted by atomic mass is 16.5. The second kappa shape index (κ2) is 4.64. The molecule has 76 valence electrons. The van der Waals surface area contributed by atoms with Crippen LogP contribution in [0.1, 0.15) is 46.5 Å². The highest BCUT2D eigenvalue weighted by molar-refractivity contribution is 5.71. The SMILES string of the molecule is CCCC(C)CC1CC(=O)OC1C. The van der Waals surface area contributed by atoms with E-state index in [1.54, 1.807) is 0 Å². The summed E-state index contributed by atoms with van der Waals surface area (Å²) in [5.74, 6) is 1.18. The van der Waals surface area contributed by atoms with Gasteiger partial charge in [-0.2, -0.15) is 0 Å². The molecule has 0 aliphatic carbocycles. The lowest BCUT2D eigenvalue weighted by atomic mass is 9.89. The summed E-state index contributed by atoms with van der Waals surface area (Å²) in [5.41, 5.74) is 0. The third kappa shape index (κ3) is 3.02. The topological polar surface area (TPSA) is 26.3 Å². The van der Waals surface area contributed by atoms with Gasteiger partial charge in [0, 0.05) is 5.92 Å². The molecule has 0 amide bonds. The smallest absolute Gasteiger partial charge is 0.306 e. The normalized spacial score (nSPS) is 30.2. The van der Waals surface area contributed by atoms with Crippen molar-refractivity contribution in [2.24, 2.45) is 11.8 Å². The minimum atomic E-state index is -0.0128. The summed E-state index contributed by atoms with van der Waals surface area (Å²) in [5, 5.41) is 0. The molecule has 0 spiro atoms. The summed E-state index contributed by atoms with van der Waals surface area (Å²) < 4.78 is 5.11. The zero-order valence-electron chi connectivity index (χ0n) is 8.88. The standard InChI is InChI=1S/C11H20O2/c1-4-5-8(2)6-10-7-11(12)13-9(10)3/h8-10H,4-7H2,1-3H3. The Bertz CT molecular complexity index is 177. The summed E-state index contributed by atoms with van der Waals surface area (Å²) in [6.45, 7) is 6.48. The van der Waals surface area contributed by atoms with Crippen molar-refractivity contribution in [2.45, 2.75) is 52.6 Å². The number of hydrogen-bond acceptors (Lipinski definition) is 2. The predicted molar refractivity (Wildman–Crippen MR) is 52.4 cm³/mol. The first-order valence-electron chi connectivity index (χ1n) is 5.33. The lowest BCUT2D eigenvalue weighted by Gasteiger charge is -2.17. The van der Waals surface area contributed by atoms with Crippen LogP contribution in [0.3, 0.4) is 0 Å². The molecule has 0 aromatic carbocycles. The number of hydrogen-bond donors (Lipinski definition) is 0. The second-order valence-corrected chi connectivity index (χ2v) is 4.29. The summed E-state index contributed by atoms with van der Waals surface area (Å²) in [6, 6.07) is 0. The molecule has 1 saturated heterocycles. The molecule has 1 rings (SSSR count). The van der Waals surface area contributed by atoms with Crippen LogP contribution in [0.2, 0.25) is 0 Å². The molecule has 3 unspecified atom stereocenters. The third-order valence-electron chi connectivity index (χ3n) is 2.90. The van der Waals surface area contributed by atoms with Crippen LogP contribution in [0.15, 0.2) is 0 Å². The minimum absolute atomic E-state index is 0.0128. The Morgan fingerprint density at radius 3 is 2.77 bits per heavy atom. The van der Waals surface area contributed by atoms with Gasteiger partial charge in [-0.1, -0.05) is 26.7 Å². The molecular formula is C11H20O2. The van der Waals surface area contributed by atoms with E-state index in [4.69, 9.17) is 4.74 Å². The molecule has 1 aliphatic rings. The monoisotopic (exact) mass is 184 g/mol. The van der Waals surface area contributed by atoms with Crippen molar-refractivity contribution in [3.63, 3.8) is 0 Å². The fourth-order valence-corrected chi connectivity index (χ4v) is 2.13. The van der Waals surface area contributed by atoms with Gasteiger partial charge in [0.15, 0.2) is 0 Å². The Morgan fingerprint density at radius 1 is 1.62 bits per heavy atom. The van der Waals surface area contributed by atoms with Crippen molar-refractivity contribution in [2.75, 3.05) is 0 Å². The summed E-state index contributed by atoms with van der Waals surface area (Å²) >= 11 is 0. The van der Waals surface area contributed by atoms with E-state index in [1.807, 2.05) is 6.92 Å². The average Bonchev–Trinajstić information content (AvgIpc) is 2.30.